The lowest BCUT2D eigenvalue weighted by Gasteiger charge is -2.41. The Bertz CT molecular complexity index is 1350. The van der Waals surface area contributed by atoms with Crippen LogP contribution >= 0.6 is 11.3 Å². The van der Waals surface area contributed by atoms with Crippen molar-refractivity contribution in [2.24, 2.45) is 23.2 Å². The zero-order chi connectivity index (χ0) is 25.9. The number of thiophene rings is 1. The van der Waals surface area contributed by atoms with E-state index in [1.807, 2.05) is 19.1 Å². The predicted molar refractivity (Wildman–Crippen MR) is 147 cm³/mol. The molecule has 3 aliphatic carbocycles. The molecule has 0 radical (unpaired) electrons. The summed E-state index contributed by atoms with van der Waals surface area (Å²) in [7, 11) is 0. The Morgan fingerprint density at radius 2 is 1.97 bits per heavy atom. The fourth-order valence-electron chi connectivity index (χ4n) is 6.89. The van der Waals surface area contributed by atoms with Crippen LogP contribution in [-0.4, -0.2) is 38.3 Å². The fourth-order valence-corrected chi connectivity index (χ4v) is 7.75. The number of aromatic nitrogens is 3. The predicted octanol–water partition coefficient (Wildman–Crippen LogP) is 5.94. The van der Waals surface area contributed by atoms with Crippen molar-refractivity contribution in [3.63, 3.8) is 0 Å². The molecule has 2 amide bonds. The highest BCUT2D eigenvalue weighted by Crippen LogP contribution is 2.55. The highest BCUT2D eigenvalue weighted by molar-refractivity contribution is 7.17. The maximum atomic E-state index is 13.4. The standard InChI is InChI=1S/C29H37N5O2S/c1-16(28(2,3)4)32-26(35)20-14-30-25-24(20)33-21(15-31-25)22-7-8-23(37-22)27(36)34-29-9-5-6-18-10-17(12-29)11-19(18)13-29/h7-8,14-19H,5-6,9-13H2,1-4H3,(H,30,31)(H,32,35)(H,34,36)/t16-,17?,18?,19?,29?/m0/s1. The van der Waals surface area contributed by atoms with Gasteiger partial charge in [-0.3, -0.25) is 9.59 Å². The van der Waals surface area contributed by atoms with Crippen LogP contribution in [-0.2, 0) is 0 Å². The summed E-state index contributed by atoms with van der Waals surface area (Å²) < 4.78 is 0. The van der Waals surface area contributed by atoms with E-state index in [2.05, 4.69) is 41.4 Å². The Morgan fingerprint density at radius 1 is 1.16 bits per heavy atom. The monoisotopic (exact) mass is 519 g/mol. The van der Waals surface area contributed by atoms with Gasteiger partial charge in [0.1, 0.15) is 5.52 Å². The molecule has 4 unspecified atom stereocenters. The van der Waals surface area contributed by atoms with E-state index in [0.717, 1.165) is 41.9 Å². The number of nitrogens with zero attached hydrogens (tertiary/aromatic N) is 2. The molecule has 8 heteroatoms. The van der Waals surface area contributed by atoms with Gasteiger partial charge in [0.2, 0.25) is 0 Å². The number of nitrogens with one attached hydrogen (secondary N) is 3. The quantitative estimate of drug-likeness (QED) is 0.388. The second-order valence-corrected chi connectivity index (χ2v) is 13.9. The van der Waals surface area contributed by atoms with E-state index in [9.17, 15) is 9.59 Å². The van der Waals surface area contributed by atoms with Gasteiger partial charge < -0.3 is 15.6 Å². The number of carbonyl (C=O) groups is 2. The first-order chi connectivity index (χ1) is 17.6. The molecule has 3 aromatic heterocycles. The summed E-state index contributed by atoms with van der Waals surface area (Å²) in [6.07, 6.45) is 12.0. The summed E-state index contributed by atoms with van der Waals surface area (Å²) in [5.41, 5.74) is 2.18. The van der Waals surface area contributed by atoms with E-state index in [0.29, 0.717) is 27.3 Å². The molecule has 3 aromatic rings. The lowest BCUT2D eigenvalue weighted by molar-refractivity contribution is 0.0828. The van der Waals surface area contributed by atoms with Gasteiger partial charge >= 0.3 is 0 Å². The summed E-state index contributed by atoms with van der Waals surface area (Å²) in [5, 5.41) is 6.58. The average Bonchev–Trinajstić information content (AvgIpc) is 3.53. The number of fused-ring (bicyclic) bond motifs is 3. The highest BCUT2D eigenvalue weighted by Gasteiger charge is 2.50. The summed E-state index contributed by atoms with van der Waals surface area (Å²) >= 11 is 1.44. The summed E-state index contributed by atoms with van der Waals surface area (Å²) in [4.78, 5) is 40.3. The molecule has 3 heterocycles. The summed E-state index contributed by atoms with van der Waals surface area (Å²) in [6, 6.07) is 3.83. The zero-order valence-electron chi connectivity index (χ0n) is 22.2. The number of carbonyl (C=O) groups excluding carboxylic acids is 2. The number of amides is 2. The van der Waals surface area contributed by atoms with E-state index < -0.39 is 0 Å². The smallest absolute Gasteiger partial charge is 0.261 e. The molecule has 37 heavy (non-hydrogen) atoms. The van der Waals surface area contributed by atoms with Crippen molar-refractivity contribution in [3.8, 4) is 10.6 Å². The number of H-pyrrole nitrogens is 1. The molecule has 0 saturated heterocycles. The van der Waals surface area contributed by atoms with Gasteiger partial charge in [0.05, 0.1) is 27.2 Å². The molecule has 0 aliphatic heterocycles. The molecule has 3 saturated carbocycles. The van der Waals surface area contributed by atoms with Gasteiger partial charge in [-0.05, 0) is 74.3 Å². The first kappa shape index (κ1) is 24.6. The topological polar surface area (TPSA) is 99.8 Å². The van der Waals surface area contributed by atoms with Gasteiger partial charge in [-0.2, -0.15) is 0 Å². The van der Waals surface area contributed by atoms with Crippen LogP contribution in [0.1, 0.15) is 92.7 Å². The second-order valence-electron chi connectivity index (χ2n) is 12.8. The van der Waals surface area contributed by atoms with Crippen LogP contribution in [0.4, 0.5) is 0 Å². The molecule has 6 rings (SSSR count). The van der Waals surface area contributed by atoms with Gasteiger partial charge in [-0.15, -0.1) is 11.3 Å². The van der Waals surface area contributed by atoms with Crippen LogP contribution in [0.25, 0.3) is 21.7 Å². The maximum absolute atomic E-state index is 13.4. The van der Waals surface area contributed by atoms with Crippen LogP contribution < -0.4 is 10.6 Å². The molecule has 5 atom stereocenters. The Kier molecular flexibility index (Phi) is 5.93. The van der Waals surface area contributed by atoms with Crippen molar-refractivity contribution in [1.82, 2.24) is 25.6 Å². The molecule has 3 fully saturated rings. The van der Waals surface area contributed by atoms with Crippen molar-refractivity contribution in [1.29, 1.82) is 0 Å². The van der Waals surface area contributed by atoms with E-state index in [4.69, 9.17) is 4.98 Å². The van der Waals surface area contributed by atoms with Crippen LogP contribution in [0, 0.1) is 23.2 Å². The summed E-state index contributed by atoms with van der Waals surface area (Å²) in [6.45, 7) is 8.30. The normalized spacial score (nSPS) is 27.7. The minimum absolute atomic E-state index is 0.00219. The van der Waals surface area contributed by atoms with E-state index in [1.54, 1.807) is 12.4 Å². The molecule has 3 aliphatic rings. The first-order valence-electron chi connectivity index (χ1n) is 13.7. The van der Waals surface area contributed by atoms with Crippen molar-refractivity contribution >= 4 is 34.3 Å². The maximum Gasteiger partial charge on any atom is 0.261 e. The van der Waals surface area contributed by atoms with E-state index in [1.165, 1.54) is 37.0 Å². The summed E-state index contributed by atoms with van der Waals surface area (Å²) in [5.74, 6) is 2.32. The second kappa shape index (κ2) is 8.93. The highest BCUT2D eigenvalue weighted by atomic mass is 32.1. The number of hydrogen-bond donors (Lipinski definition) is 3. The molecule has 0 aromatic carbocycles. The Morgan fingerprint density at radius 3 is 2.78 bits per heavy atom. The molecule has 196 valence electrons. The minimum atomic E-state index is -0.169. The Labute approximate surface area is 222 Å². The fraction of sp³-hybridized carbons (Fsp3) is 0.586. The Hall–Kier alpha value is -2.74. The van der Waals surface area contributed by atoms with Crippen LogP contribution in [0.15, 0.2) is 24.5 Å². The number of rotatable bonds is 5. The van der Waals surface area contributed by atoms with Gasteiger partial charge in [-0.1, -0.05) is 33.6 Å². The number of hydrogen-bond acceptors (Lipinski definition) is 5. The molecule has 0 spiro atoms. The van der Waals surface area contributed by atoms with Crippen molar-refractivity contribution < 1.29 is 9.59 Å². The van der Waals surface area contributed by atoms with Gasteiger partial charge in [-0.25, -0.2) is 9.97 Å². The van der Waals surface area contributed by atoms with Gasteiger partial charge in [0.25, 0.3) is 11.8 Å². The first-order valence-corrected chi connectivity index (χ1v) is 14.5. The van der Waals surface area contributed by atoms with Crippen molar-refractivity contribution in [2.45, 2.75) is 84.2 Å². The lowest BCUT2D eigenvalue weighted by Crippen LogP contribution is -2.51. The SMILES string of the molecule is C[C@H](NC(=O)c1c[nH]c2ncc(-c3ccc(C(=O)NC45CCCC6CC(CC6C4)C5)s3)nc12)C(C)(C)C. The lowest BCUT2D eigenvalue weighted by atomic mass is 9.73. The third-order valence-electron chi connectivity index (χ3n) is 9.23. The third kappa shape index (κ3) is 4.58. The van der Waals surface area contributed by atoms with Gasteiger partial charge in [0.15, 0.2) is 5.65 Å². The van der Waals surface area contributed by atoms with Crippen LogP contribution in [0.5, 0.6) is 0 Å². The molecule has 3 N–H and O–H groups in total. The van der Waals surface area contributed by atoms with Crippen molar-refractivity contribution in [2.75, 3.05) is 0 Å². The zero-order valence-corrected chi connectivity index (χ0v) is 23.0. The average molecular weight is 520 g/mol. The molecular weight excluding hydrogens is 482 g/mol. The van der Waals surface area contributed by atoms with Crippen molar-refractivity contribution in [3.05, 3.63) is 35.0 Å². The minimum Gasteiger partial charge on any atom is -0.349 e. The molecule has 3 bridgehead atoms. The molecular formula is C29H37N5O2S. The van der Waals surface area contributed by atoms with Gasteiger partial charge in [0, 0.05) is 17.8 Å². The van der Waals surface area contributed by atoms with Crippen LogP contribution in [0.2, 0.25) is 0 Å². The van der Waals surface area contributed by atoms with Crippen LogP contribution in [0.3, 0.4) is 0 Å². The van der Waals surface area contributed by atoms with E-state index >= 15 is 0 Å². The molecule has 7 nitrogen and oxygen atoms in total. The largest absolute Gasteiger partial charge is 0.349 e. The number of aromatic amines is 1. The third-order valence-corrected chi connectivity index (χ3v) is 10.3. The Balaban J connectivity index is 1.21. The van der Waals surface area contributed by atoms with E-state index in [-0.39, 0.29) is 28.8 Å².